The summed E-state index contributed by atoms with van der Waals surface area (Å²) in [5.74, 6) is 0. The molecule has 3 rings (SSSR count). The predicted octanol–water partition coefficient (Wildman–Crippen LogP) is 3.56. The minimum atomic E-state index is 0.996. The van der Waals surface area contributed by atoms with Crippen molar-refractivity contribution >= 4 is 11.0 Å². The van der Waals surface area contributed by atoms with Crippen molar-refractivity contribution < 1.29 is 0 Å². The molecule has 0 aliphatic rings. The molecule has 0 spiro atoms. The van der Waals surface area contributed by atoms with Gasteiger partial charge in [0.15, 0.2) is 0 Å². The number of rotatable bonds is 1. The van der Waals surface area contributed by atoms with Crippen molar-refractivity contribution in [2.75, 3.05) is 0 Å². The zero-order valence-corrected chi connectivity index (χ0v) is 11.7. The molecule has 3 nitrogen and oxygen atoms in total. The number of benzene rings is 2. The zero-order chi connectivity index (χ0) is 13.6. The predicted molar refractivity (Wildman–Crippen MR) is 78.2 cm³/mol. The summed E-state index contributed by atoms with van der Waals surface area (Å²) in [6.07, 6.45) is 0. The average Bonchev–Trinajstić information content (AvgIpc) is 2.77. The minimum Gasteiger partial charge on any atom is -0.248 e. The van der Waals surface area contributed by atoms with Crippen molar-refractivity contribution in [1.29, 1.82) is 0 Å². The highest BCUT2D eigenvalue weighted by atomic mass is 15.4. The van der Waals surface area contributed by atoms with Crippen LogP contribution in [0.1, 0.15) is 16.7 Å². The first kappa shape index (κ1) is 11.9. The first-order chi connectivity index (χ1) is 9.08. The van der Waals surface area contributed by atoms with Crippen LogP contribution in [0.25, 0.3) is 22.2 Å². The van der Waals surface area contributed by atoms with Crippen LogP contribution in [0.15, 0.2) is 30.3 Å². The molecule has 0 bridgehead atoms. The zero-order valence-electron chi connectivity index (χ0n) is 11.7. The van der Waals surface area contributed by atoms with Crippen molar-refractivity contribution in [2.45, 2.75) is 20.8 Å². The number of hydrogen-bond acceptors (Lipinski definition) is 2. The number of hydrogen-bond donors (Lipinski definition) is 0. The lowest BCUT2D eigenvalue weighted by molar-refractivity contribution is 0.736. The number of aryl methyl sites for hydroxylation is 3. The van der Waals surface area contributed by atoms with Crippen LogP contribution < -0.4 is 0 Å². The first-order valence-electron chi connectivity index (χ1n) is 6.44. The van der Waals surface area contributed by atoms with Gasteiger partial charge in [-0.1, -0.05) is 35.0 Å². The molecular weight excluding hydrogens is 234 g/mol. The average molecular weight is 251 g/mol. The summed E-state index contributed by atoms with van der Waals surface area (Å²) in [5.41, 5.74) is 8.35. The summed E-state index contributed by atoms with van der Waals surface area (Å²) in [6.45, 7) is 6.37. The Kier molecular flexibility index (Phi) is 2.63. The monoisotopic (exact) mass is 251 g/mol. The van der Waals surface area contributed by atoms with Gasteiger partial charge >= 0.3 is 0 Å². The van der Waals surface area contributed by atoms with Gasteiger partial charge in [-0.3, -0.25) is 0 Å². The topological polar surface area (TPSA) is 30.7 Å². The molecule has 0 saturated heterocycles. The molecule has 0 unspecified atom stereocenters. The highest BCUT2D eigenvalue weighted by molar-refractivity contribution is 5.87. The van der Waals surface area contributed by atoms with Gasteiger partial charge in [0.25, 0.3) is 0 Å². The Morgan fingerprint density at radius 1 is 0.947 bits per heavy atom. The second kappa shape index (κ2) is 4.19. The van der Waals surface area contributed by atoms with E-state index in [2.05, 4.69) is 61.4 Å². The Balaban J connectivity index is 2.31. The third kappa shape index (κ3) is 1.82. The second-order valence-electron chi connectivity index (χ2n) is 5.12. The fourth-order valence-corrected chi connectivity index (χ4v) is 2.45. The molecule has 1 heterocycles. The Morgan fingerprint density at radius 3 is 2.32 bits per heavy atom. The Bertz CT molecular complexity index is 752. The lowest BCUT2D eigenvalue weighted by Crippen LogP contribution is -1.93. The molecule has 0 atom stereocenters. The molecule has 0 saturated carbocycles. The van der Waals surface area contributed by atoms with Crippen molar-refractivity contribution in [1.82, 2.24) is 15.0 Å². The molecule has 2 aromatic carbocycles. The van der Waals surface area contributed by atoms with Crippen LogP contribution in [0, 0.1) is 20.8 Å². The van der Waals surface area contributed by atoms with E-state index >= 15 is 0 Å². The quantitative estimate of drug-likeness (QED) is 0.662. The standard InChI is InChI=1S/C16H17N3/c1-10-5-7-13(8-6-10)14-9-15-16(12(3)11(14)2)17-18-19(15)4/h5-9H,1-4H3. The molecule has 3 aromatic rings. The summed E-state index contributed by atoms with van der Waals surface area (Å²) >= 11 is 0. The minimum absolute atomic E-state index is 0.996. The molecule has 96 valence electrons. The van der Waals surface area contributed by atoms with E-state index in [-0.39, 0.29) is 0 Å². The number of aromatic nitrogens is 3. The third-order valence-corrected chi connectivity index (χ3v) is 3.84. The molecular formula is C16H17N3. The van der Waals surface area contributed by atoms with Gasteiger partial charge < -0.3 is 0 Å². The van der Waals surface area contributed by atoms with Crippen LogP contribution >= 0.6 is 0 Å². The summed E-state index contributed by atoms with van der Waals surface area (Å²) in [5, 5.41) is 8.35. The van der Waals surface area contributed by atoms with Gasteiger partial charge in [-0.25, -0.2) is 4.68 Å². The summed E-state index contributed by atoms with van der Waals surface area (Å²) < 4.78 is 1.83. The van der Waals surface area contributed by atoms with E-state index < -0.39 is 0 Å². The van der Waals surface area contributed by atoms with E-state index in [0.717, 1.165) is 11.0 Å². The molecule has 0 radical (unpaired) electrons. The summed E-state index contributed by atoms with van der Waals surface area (Å²) in [4.78, 5) is 0. The Labute approximate surface area is 112 Å². The first-order valence-corrected chi connectivity index (χ1v) is 6.44. The molecule has 1 aromatic heterocycles. The lowest BCUT2D eigenvalue weighted by Gasteiger charge is -2.10. The fourth-order valence-electron chi connectivity index (χ4n) is 2.45. The summed E-state index contributed by atoms with van der Waals surface area (Å²) in [7, 11) is 1.93. The van der Waals surface area contributed by atoms with Gasteiger partial charge in [0.05, 0.1) is 5.52 Å². The highest BCUT2D eigenvalue weighted by Gasteiger charge is 2.12. The Morgan fingerprint density at radius 2 is 1.63 bits per heavy atom. The Hall–Kier alpha value is -2.16. The van der Waals surface area contributed by atoms with E-state index in [4.69, 9.17) is 0 Å². The van der Waals surface area contributed by atoms with Gasteiger partial charge in [0, 0.05) is 7.05 Å². The van der Waals surface area contributed by atoms with Gasteiger partial charge in [-0.05, 0) is 49.1 Å². The van der Waals surface area contributed by atoms with Crippen molar-refractivity contribution in [2.24, 2.45) is 7.05 Å². The lowest BCUT2D eigenvalue weighted by atomic mass is 9.95. The van der Waals surface area contributed by atoms with Crippen LogP contribution in [-0.4, -0.2) is 15.0 Å². The van der Waals surface area contributed by atoms with Gasteiger partial charge in [0.1, 0.15) is 5.52 Å². The normalized spacial score (nSPS) is 11.2. The van der Waals surface area contributed by atoms with Crippen LogP contribution in [0.2, 0.25) is 0 Å². The van der Waals surface area contributed by atoms with E-state index in [9.17, 15) is 0 Å². The van der Waals surface area contributed by atoms with Crippen molar-refractivity contribution in [3.05, 3.63) is 47.0 Å². The van der Waals surface area contributed by atoms with Gasteiger partial charge in [-0.15, -0.1) is 5.10 Å². The highest BCUT2D eigenvalue weighted by Crippen LogP contribution is 2.30. The van der Waals surface area contributed by atoms with Gasteiger partial charge in [-0.2, -0.15) is 0 Å². The van der Waals surface area contributed by atoms with Crippen molar-refractivity contribution in [3.8, 4) is 11.1 Å². The largest absolute Gasteiger partial charge is 0.248 e. The molecule has 0 amide bonds. The van der Waals surface area contributed by atoms with E-state index in [0.29, 0.717) is 0 Å². The molecule has 19 heavy (non-hydrogen) atoms. The molecule has 0 N–H and O–H groups in total. The maximum absolute atomic E-state index is 4.24. The maximum atomic E-state index is 4.24. The van der Waals surface area contributed by atoms with Crippen molar-refractivity contribution in [3.63, 3.8) is 0 Å². The second-order valence-corrected chi connectivity index (χ2v) is 5.12. The third-order valence-electron chi connectivity index (χ3n) is 3.84. The van der Waals surface area contributed by atoms with E-state index in [1.165, 1.54) is 27.8 Å². The van der Waals surface area contributed by atoms with Crippen LogP contribution in [-0.2, 0) is 7.05 Å². The SMILES string of the molecule is Cc1ccc(-c2cc3c(nnn3C)c(C)c2C)cc1. The van der Waals surface area contributed by atoms with E-state index in [1.54, 1.807) is 0 Å². The van der Waals surface area contributed by atoms with E-state index in [1.807, 2.05) is 11.7 Å². The smallest absolute Gasteiger partial charge is 0.116 e. The molecule has 0 fully saturated rings. The maximum Gasteiger partial charge on any atom is 0.116 e. The van der Waals surface area contributed by atoms with Gasteiger partial charge in [0.2, 0.25) is 0 Å². The number of fused-ring (bicyclic) bond motifs is 1. The van der Waals surface area contributed by atoms with Crippen LogP contribution in [0.5, 0.6) is 0 Å². The van der Waals surface area contributed by atoms with Crippen LogP contribution in [0.3, 0.4) is 0 Å². The fraction of sp³-hybridized carbons (Fsp3) is 0.250. The molecule has 0 aliphatic carbocycles. The number of nitrogens with zero attached hydrogens (tertiary/aromatic N) is 3. The van der Waals surface area contributed by atoms with Crippen LogP contribution in [0.4, 0.5) is 0 Å². The molecule has 0 aliphatic heterocycles. The molecule has 3 heteroatoms. The summed E-state index contributed by atoms with van der Waals surface area (Å²) in [6, 6.07) is 10.8.